The van der Waals surface area contributed by atoms with Gasteiger partial charge in [0.15, 0.2) is 11.5 Å². The Hall–Kier alpha value is -2.36. The number of rotatable bonds is 0. The summed E-state index contributed by atoms with van der Waals surface area (Å²) in [7, 11) is 0. The van der Waals surface area contributed by atoms with Crippen molar-refractivity contribution in [3.8, 4) is 17.2 Å². The molecule has 1 aromatic heterocycles. The van der Waals surface area contributed by atoms with Crippen LogP contribution in [0.25, 0.3) is 21.8 Å². The van der Waals surface area contributed by atoms with Crippen LogP contribution in [0.5, 0.6) is 17.2 Å². The van der Waals surface area contributed by atoms with E-state index in [-0.39, 0.29) is 17.2 Å². The summed E-state index contributed by atoms with van der Waals surface area (Å²) in [6.45, 7) is 1.80. The summed E-state index contributed by atoms with van der Waals surface area (Å²) in [5.74, 6) is -0.214. The number of aromatic hydroxyl groups is 3. The maximum absolute atomic E-state index is 9.94. The Kier molecular flexibility index (Phi) is 1.78. The van der Waals surface area contributed by atoms with Gasteiger partial charge in [0.1, 0.15) is 5.75 Å². The molecule has 2 aromatic carbocycles. The maximum atomic E-state index is 9.94. The van der Waals surface area contributed by atoms with Gasteiger partial charge in [0, 0.05) is 10.8 Å². The predicted molar refractivity (Wildman–Crippen MR) is 65.5 cm³/mol. The fraction of sp³-hybridized carbons (Fsp3) is 0.0769. The largest absolute Gasteiger partial charge is 0.505 e. The molecule has 3 rings (SSSR count). The van der Waals surface area contributed by atoms with E-state index in [0.717, 1.165) is 16.3 Å². The third-order valence-corrected chi connectivity index (χ3v) is 3.08. The van der Waals surface area contributed by atoms with Crippen molar-refractivity contribution in [1.29, 1.82) is 0 Å². The van der Waals surface area contributed by atoms with E-state index in [9.17, 15) is 15.3 Å². The van der Waals surface area contributed by atoms with Gasteiger partial charge in [-0.1, -0.05) is 12.1 Å². The molecule has 4 nitrogen and oxygen atoms in total. The first kappa shape index (κ1) is 9.84. The highest BCUT2D eigenvalue weighted by atomic mass is 16.3. The van der Waals surface area contributed by atoms with Crippen molar-refractivity contribution >= 4 is 21.8 Å². The van der Waals surface area contributed by atoms with Gasteiger partial charge >= 0.3 is 0 Å². The number of hydrogen-bond donors (Lipinski definition) is 4. The number of phenols is 3. The second-order valence-corrected chi connectivity index (χ2v) is 4.13. The molecule has 0 fully saturated rings. The second kappa shape index (κ2) is 3.07. The van der Waals surface area contributed by atoms with Gasteiger partial charge in [0.05, 0.1) is 11.0 Å². The minimum absolute atomic E-state index is 0.164. The quantitative estimate of drug-likeness (QED) is 0.448. The lowest BCUT2D eigenvalue weighted by molar-refractivity contribution is 0.407. The topological polar surface area (TPSA) is 76.5 Å². The summed E-state index contributed by atoms with van der Waals surface area (Å²) in [4.78, 5) is 2.94. The Bertz CT molecular complexity index is 681. The van der Waals surface area contributed by atoms with Crippen LogP contribution in [0.2, 0.25) is 0 Å². The number of fused-ring (bicyclic) bond motifs is 3. The second-order valence-electron chi connectivity index (χ2n) is 4.13. The fourth-order valence-electron chi connectivity index (χ4n) is 2.10. The van der Waals surface area contributed by atoms with E-state index in [1.165, 1.54) is 6.07 Å². The normalized spacial score (nSPS) is 11.4. The lowest BCUT2D eigenvalue weighted by atomic mass is 10.1. The minimum atomic E-state index is -0.198. The highest BCUT2D eigenvalue weighted by Crippen LogP contribution is 2.39. The van der Waals surface area contributed by atoms with Gasteiger partial charge in [-0.05, 0) is 24.6 Å². The van der Waals surface area contributed by atoms with Crippen LogP contribution < -0.4 is 0 Å². The summed E-state index contributed by atoms with van der Waals surface area (Å²) in [5.41, 5.74) is 1.76. The van der Waals surface area contributed by atoms with Crippen molar-refractivity contribution in [2.45, 2.75) is 6.92 Å². The average Bonchev–Trinajstić information content (AvgIpc) is 2.69. The minimum Gasteiger partial charge on any atom is -0.505 e. The SMILES string of the molecule is Cc1ccc2c([nH]c3c(O)c(O)ccc32)c1O. The highest BCUT2D eigenvalue weighted by Gasteiger charge is 2.13. The fourth-order valence-corrected chi connectivity index (χ4v) is 2.10. The molecule has 0 aliphatic heterocycles. The van der Waals surface area contributed by atoms with Gasteiger partial charge in [-0.3, -0.25) is 0 Å². The monoisotopic (exact) mass is 229 g/mol. The van der Waals surface area contributed by atoms with Crippen LogP contribution in [0, 0.1) is 6.92 Å². The number of nitrogens with one attached hydrogen (secondary N) is 1. The van der Waals surface area contributed by atoms with Crippen LogP contribution in [0.3, 0.4) is 0 Å². The number of aromatic nitrogens is 1. The molecule has 0 radical (unpaired) electrons. The maximum Gasteiger partial charge on any atom is 0.182 e. The van der Waals surface area contributed by atoms with Crippen LogP contribution in [-0.4, -0.2) is 20.3 Å². The van der Waals surface area contributed by atoms with Crippen LogP contribution in [0.15, 0.2) is 24.3 Å². The molecule has 4 heteroatoms. The Morgan fingerprint density at radius 1 is 0.824 bits per heavy atom. The van der Waals surface area contributed by atoms with Crippen molar-refractivity contribution in [3.05, 3.63) is 29.8 Å². The third kappa shape index (κ3) is 1.18. The van der Waals surface area contributed by atoms with Crippen molar-refractivity contribution in [2.75, 3.05) is 0 Å². The molecule has 1 heterocycles. The molecular weight excluding hydrogens is 218 g/mol. The lowest BCUT2D eigenvalue weighted by Crippen LogP contribution is -1.75. The molecule has 0 bridgehead atoms. The number of hydrogen-bond acceptors (Lipinski definition) is 3. The number of H-pyrrole nitrogens is 1. The number of aromatic amines is 1. The van der Waals surface area contributed by atoms with Crippen LogP contribution in [-0.2, 0) is 0 Å². The van der Waals surface area contributed by atoms with Gasteiger partial charge in [-0.25, -0.2) is 0 Å². The standard InChI is InChI=1S/C13H11NO3/c1-6-2-3-7-8-4-5-9(15)13(17)11(8)14-10(7)12(6)16/h2-5,14-17H,1H3. The molecule has 0 amide bonds. The molecule has 0 aliphatic rings. The molecule has 3 aromatic rings. The predicted octanol–water partition coefficient (Wildman–Crippen LogP) is 2.75. The zero-order chi connectivity index (χ0) is 12.2. The lowest BCUT2D eigenvalue weighted by Gasteiger charge is -1.98. The highest BCUT2D eigenvalue weighted by molar-refractivity contribution is 6.11. The summed E-state index contributed by atoms with van der Waals surface area (Å²) in [5, 5.41) is 30.7. The Morgan fingerprint density at radius 3 is 2.12 bits per heavy atom. The molecule has 86 valence electrons. The Labute approximate surface area is 96.8 Å². The zero-order valence-corrected chi connectivity index (χ0v) is 9.15. The number of benzene rings is 2. The van der Waals surface area contributed by atoms with Gasteiger partial charge in [-0.2, -0.15) is 0 Å². The van der Waals surface area contributed by atoms with Crippen LogP contribution in [0.1, 0.15) is 5.56 Å². The summed E-state index contributed by atoms with van der Waals surface area (Å²) in [6, 6.07) is 6.83. The first-order valence-corrected chi connectivity index (χ1v) is 5.24. The van der Waals surface area contributed by atoms with E-state index < -0.39 is 0 Å². The van der Waals surface area contributed by atoms with E-state index >= 15 is 0 Å². The van der Waals surface area contributed by atoms with Gasteiger partial charge < -0.3 is 20.3 Å². The van der Waals surface area contributed by atoms with Gasteiger partial charge in [-0.15, -0.1) is 0 Å². The van der Waals surface area contributed by atoms with Crippen LogP contribution >= 0.6 is 0 Å². The Balaban J connectivity index is 2.58. The van der Waals surface area contributed by atoms with Crippen LogP contribution in [0.4, 0.5) is 0 Å². The summed E-state index contributed by atoms with van der Waals surface area (Å²) in [6.07, 6.45) is 0. The smallest absolute Gasteiger partial charge is 0.182 e. The summed E-state index contributed by atoms with van der Waals surface area (Å²) >= 11 is 0. The molecule has 0 unspecified atom stereocenters. The van der Waals surface area contributed by atoms with Gasteiger partial charge in [0.25, 0.3) is 0 Å². The molecule has 0 saturated heterocycles. The van der Waals surface area contributed by atoms with E-state index in [2.05, 4.69) is 4.98 Å². The molecular formula is C13H11NO3. The third-order valence-electron chi connectivity index (χ3n) is 3.08. The first-order valence-electron chi connectivity index (χ1n) is 5.24. The van der Waals surface area contributed by atoms with E-state index in [0.29, 0.717) is 11.0 Å². The average molecular weight is 229 g/mol. The first-order chi connectivity index (χ1) is 8.09. The summed E-state index contributed by atoms with van der Waals surface area (Å²) < 4.78 is 0. The zero-order valence-electron chi connectivity index (χ0n) is 9.15. The van der Waals surface area contributed by atoms with Crippen molar-refractivity contribution in [2.24, 2.45) is 0 Å². The molecule has 0 saturated carbocycles. The molecule has 0 atom stereocenters. The molecule has 4 N–H and O–H groups in total. The molecule has 0 aliphatic carbocycles. The Morgan fingerprint density at radius 2 is 1.41 bits per heavy atom. The molecule has 17 heavy (non-hydrogen) atoms. The van der Waals surface area contributed by atoms with E-state index in [1.54, 1.807) is 13.0 Å². The molecule has 0 spiro atoms. The number of phenolic OH excluding ortho intramolecular Hbond substituents is 3. The van der Waals surface area contributed by atoms with Gasteiger partial charge in [0.2, 0.25) is 0 Å². The van der Waals surface area contributed by atoms with E-state index in [4.69, 9.17) is 0 Å². The van der Waals surface area contributed by atoms with Crippen molar-refractivity contribution in [1.82, 2.24) is 4.98 Å². The number of aryl methyl sites for hydroxylation is 1. The van der Waals surface area contributed by atoms with Crippen molar-refractivity contribution < 1.29 is 15.3 Å². The van der Waals surface area contributed by atoms with E-state index in [1.807, 2.05) is 12.1 Å². The van der Waals surface area contributed by atoms with Crippen molar-refractivity contribution in [3.63, 3.8) is 0 Å².